The normalized spacial score (nSPS) is 15.3. The third-order valence-electron chi connectivity index (χ3n) is 1.78. The molecule has 0 aromatic heterocycles. The summed E-state index contributed by atoms with van der Waals surface area (Å²) in [6.07, 6.45) is 0. The molecular formula is C8H17NO3. The number of nitrogens with one attached hydrogen (secondary N) is 1. The Bertz CT molecular complexity index is 149. The van der Waals surface area contributed by atoms with Crippen LogP contribution in [0.1, 0.15) is 13.8 Å². The second-order valence-electron chi connectivity index (χ2n) is 2.71. The molecular weight excluding hydrogens is 158 g/mol. The third-order valence-corrected chi connectivity index (χ3v) is 1.78. The van der Waals surface area contributed by atoms with Crippen molar-refractivity contribution in [1.29, 1.82) is 0 Å². The lowest BCUT2D eigenvalue weighted by atomic mass is 10.1. The van der Waals surface area contributed by atoms with Crippen LogP contribution in [-0.2, 0) is 14.3 Å². The molecule has 1 atom stereocenters. The molecule has 4 heteroatoms. The van der Waals surface area contributed by atoms with Gasteiger partial charge in [-0.2, -0.15) is 0 Å². The van der Waals surface area contributed by atoms with Crippen molar-refractivity contribution >= 4 is 5.97 Å². The summed E-state index contributed by atoms with van der Waals surface area (Å²) in [6, 6.07) is 0. The fraction of sp³-hybridized carbons (Fsp3) is 0.875. The summed E-state index contributed by atoms with van der Waals surface area (Å²) in [5, 5.41) is 2.86. The van der Waals surface area contributed by atoms with E-state index in [0.29, 0.717) is 13.2 Å². The van der Waals surface area contributed by atoms with Crippen LogP contribution in [0.5, 0.6) is 0 Å². The number of ether oxygens (including phenoxy) is 2. The second kappa shape index (κ2) is 5.11. The maximum atomic E-state index is 11.2. The first-order valence-electron chi connectivity index (χ1n) is 3.95. The van der Waals surface area contributed by atoms with Crippen molar-refractivity contribution in [2.45, 2.75) is 19.4 Å². The van der Waals surface area contributed by atoms with Gasteiger partial charge < -0.3 is 14.8 Å². The highest BCUT2D eigenvalue weighted by atomic mass is 16.5. The smallest absolute Gasteiger partial charge is 0.328 e. The van der Waals surface area contributed by atoms with Crippen molar-refractivity contribution in [3.8, 4) is 0 Å². The highest BCUT2D eigenvalue weighted by Gasteiger charge is 2.32. The Morgan fingerprint density at radius 1 is 1.58 bits per heavy atom. The fourth-order valence-corrected chi connectivity index (χ4v) is 0.765. The number of rotatable bonds is 5. The van der Waals surface area contributed by atoms with Gasteiger partial charge in [0.25, 0.3) is 0 Å². The summed E-state index contributed by atoms with van der Waals surface area (Å²) in [5.41, 5.74) is -0.731. The highest BCUT2D eigenvalue weighted by molar-refractivity contribution is 5.80. The van der Waals surface area contributed by atoms with E-state index in [1.54, 1.807) is 14.0 Å². The van der Waals surface area contributed by atoms with Crippen LogP contribution in [0, 0.1) is 0 Å². The molecule has 0 aliphatic carbocycles. The van der Waals surface area contributed by atoms with Crippen molar-refractivity contribution < 1.29 is 14.3 Å². The van der Waals surface area contributed by atoms with E-state index in [-0.39, 0.29) is 5.97 Å². The first-order chi connectivity index (χ1) is 5.60. The van der Waals surface area contributed by atoms with Crippen LogP contribution in [0.3, 0.4) is 0 Å². The monoisotopic (exact) mass is 175 g/mol. The van der Waals surface area contributed by atoms with Crippen LogP contribution in [0.4, 0.5) is 0 Å². The molecule has 0 saturated carbocycles. The van der Waals surface area contributed by atoms with Gasteiger partial charge in [-0.15, -0.1) is 0 Å². The zero-order chi connectivity index (χ0) is 9.61. The zero-order valence-corrected chi connectivity index (χ0v) is 8.14. The number of methoxy groups -OCH3 is 1. The van der Waals surface area contributed by atoms with Crippen molar-refractivity contribution in [2.24, 2.45) is 0 Å². The lowest BCUT2D eigenvalue weighted by Gasteiger charge is -2.25. The highest BCUT2D eigenvalue weighted by Crippen LogP contribution is 2.05. The van der Waals surface area contributed by atoms with E-state index in [2.05, 4.69) is 10.1 Å². The number of hydrogen-bond acceptors (Lipinski definition) is 4. The molecule has 0 fully saturated rings. The van der Waals surface area contributed by atoms with Gasteiger partial charge in [-0.1, -0.05) is 0 Å². The summed E-state index contributed by atoms with van der Waals surface area (Å²) in [4.78, 5) is 11.2. The van der Waals surface area contributed by atoms with Crippen LogP contribution < -0.4 is 5.32 Å². The van der Waals surface area contributed by atoms with Crippen molar-refractivity contribution in [1.82, 2.24) is 5.32 Å². The molecule has 12 heavy (non-hydrogen) atoms. The van der Waals surface area contributed by atoms with Crippen molar-refractivity contribution in [2.75, 3.05) is 27.4 Å². The number of carbonyl (C=O) groups is 1. The van der Waals surface area contributed by atoms with Gasteiger partial charge in [0.15, 0.2) is 0 Å². The molecule has 0 aromatic carbocycles. The average molecular weight is 175 g/mol. The maximum Gasteiger partial charge on any atom is 0.328 e. The molecule has 0 saturated heterocycles. The molecule has 0 bridgehead atoms. The molecule has 72 valence electrons. The molecule has 4 nitrogen and oxygen atoms in total. The molecule has 0 aliphatic rings. The standard InChI is InChI=1S/C8H17NO3/c1-5-12-6-8(2,9-3)7(10)11-4/h9H,5-6H2,1-4H3. The summed E-state index contributed by atoms with van der Waals surface area (Å²) >= 11 is 0. The zero-order valence-electron chi connectivity index (χ0n) is 8.14. The van der Waals surface area contributed by atoms with Gasteiger partial charge in [-0.3, -0.25) is 0 Å². The number of hydrogen-bond donors (Lipinski definition) is 1. The van der Waals surface area contributed by atoms with Crippen LogP contribution in [0.15, 0.2) is 0 Å². The van der Waals surface area contributed by atoms with Gasteiger partial charge >= 0.3 is 5.97 Å². The molecule has 0 spiro atoms. The van der Waals surface area contributed by atoms with E-state index in [4.69, 9.17) is 4.74 Å². The predicted molar refractivity (Wildman–Crippen MR) is 46.0 cm³/mol. The minimum absolute atomic E-state index is 0.307. The number of carbonyl (C=O) groups excluding carboxylic acids is 1. The minimum Gasteiger partial charge on any atom is -0.468 e. The average Bonchev–Trinajstić information content (AvgIpc) is 2.12. The quantitative estimate of drug-likeness (QED) is 0.605. The Morgan fingerprint density at radius 3 is 2.50 bits per heavy atom. The van der Waals surface area contributed by atoms with Gasteiger partial charge in [-0.05, 0) is 20.9 Å². The SMILES string of the molecule is CCOCC(C)(NC)C(=O)OC. The maximum absolute atomic E-state index is 11.2. The van der Waals surface area contributed by atoms with Crippen LogP contribution in [0.2, 0.25) is 0 Å². The Kier molecular flexibility index (Phi) is 4.85. The molecule has 0 amide bonds. The minimum atomic E-state index is -0.731. The second-order valence-corrected chi connectivity index (χ2v) is 2.71. The van der Waals surface area contributed by atoms with E-state index in [1.165, 1.54) is 7.11 Å². The van der Waals surface area contributed by atoms with Gasteiger partial charge in [0.2, 0.25) is 0 Å². The van der Waals surface area contributed by atoms with Crippen LogP contribution in [0.25, 0.3) is 0 Å². The Labute approximate surface area is 73.2 Å². The summed E-state index contributed by atoms with van der Waals surface area (Å²) in [6.45, 7) is 4.54. The molecule has 1 N–H and O–H groups in total. The molecule has 0 rings (SSSR count). The Morgan fingerprint density at radius 2 is 2.17 bits per heavy atom. The number of esters is 1. The summed E-state index contributed by atoms with van der Waals surface area (Å²) in [7, 11) is 3.07. The van der Waals surface area contributed by atoms with E-state index < -0.39 is 5.54 Å². The predicted octanol–water partition coefficient (Wildman–Crippen LogP) is 0.174. The molecule has 0 aliphatic heterocycles. The van der Waals surface area contributed by atoms with Gasteiger partial charge in [0.1, 0.15) is 5.54 Å². The first-order valence-corrected chi connectivity index (χ1v) is 3.95. The van der Waals surface area contributed by atoms with E-state index in [1.807, 2.05) is 6.92 Å². The largest absolute Gasteiger partial charge is 0.468 e. The summed E-state index contributed by atoms with van der Waals surface area (Å²) < 4.78 is 9.77. The van der Waals surface area contributed by atoms with Gasteiger partial charge in [0, 0.05) is 6.61 Å². The van der Waals surface area contributed by atoms with Gasteiger partial charge in [-0.25, -0.2) is 4.79 Å². The van der Waals surface area contributed by atoms with Crippen molar-refractivity contribution in [3.05, 3.63) is 0 Å². The number of likely N-dealkylation sites (N-methyl/N-ethyl adjacent to an activating group) is 1. The first kappa shape index (κ1) is 11.4. The van der Waals surface area contributed by atoms with Crippen LogP contribution in [-0.4, -0.2) is 38.9 Å². The molecule has 0 aromatic rings. The van der Waals surface area contributed by atoms with E-state index in [0.717, 1.165) is 0 Å². The molecule has 0 radical (unpaired) electrons. The lowest BCUT2D eigenvalue weighted by Crippen LogP contribution is -2.52. The third kappa shape index (κ3) is 2.79. The summed E-state index contributed by atoms with van der Waals surface area (Å²) in [5.74, 6) is -0.307. The Balaban J connectivity index is 4.13. The van der Waals surface area contributed by atoms with Crippen LogP contribution >= 0.6 is 0 Å². The van der Waals surface area contributed by atoms with Gasteiger partial charge in [0.05, 0.1) is 13.7 Å². The lowest BCUT2D eigenvalue weighted by molar-refractivity contribution is -0.150. The Hall–Kier alpha value is -0.610. The van der Waals surface area contributed by atoms with Crippen molar-refractivity contribution in [3.63, 3.8) is 0 Å². The molecule has 1 unspecified atom stereocenters. The van der Waals surface area contributed by atoms with E-state index in [9.17, 15) is 4.79 Å². The molecule has 0 heterocycles. The van der Waals surface area contributed by atoms with E-state index >= 15 is 0 Å². The fourth-order valence-electron chi connectivity index (χ4n) is 0.765. The topological polar surface area (TPSA) is 47.6 Å².